The van der Waals surface area contributed by atoms with E-state index >= 15 is 0 Å². The maximum atomic E-state index is 12.1. The molecule has 1 aliphatic rings. The summed E-state index contributed by atoms with van der Waals surface area (Å²) in [5, 5.41) is 2.97. The summed E-state index contributed by atoms with van der Waals surface area (Å²) in [4.78, 5) is 29.7. The molecule has 0 spiro atoms. The molecule has 0 radical (unpaired) electrons. The van der Waals surface area contributed by atoms with Crippen LogP contribution in [0.15, 0.2) is 18.7 Å². The van der Waals surface area contributed by atoms with Gasteiger partial charge >= 0.3 is 6.03 Å². The smallest absolute Gasteiger partial charge is 0.329 e. The van der Waals surface area contributed by atoms with E-state index in [1.165, 1.54) is 10.9 Å². The maximum Gasteiger partial charge on any atom is 0.329 e. The molecule has 0 unspecified atom stereocenters. The van der Waals surface area contributed by atoms with Gasteiger partial charge in [-0.15, -0.1) is 0 Å². The third-order valence-electron chi connectivity index (χ3n) is 3.69. The Morgan fingerprint density at radius 3 is 2.70 bits per heavy atom. The third kappa shape index (κ3) is 3.59. The Labute approximate surface area is 119 Å². The Balaban J connectivity index is 1.77. The molecule has 1 fully saturated rings. The van der Waals surface area contributed by atoms with Crippen molar-refractivity contribution in [1.82, 2.24) is 19.8 Å². The Hall–Kier alpha value is -1.85. The van der Waals surface area contributed by atoms with Gasteiger partial charge in [-0.1, -0.05) is 13.3 Å². The van der Waals surface area contributed by atoms with Gasteiger partial charge in [-0.05, 0) is 19.3 Å². The number of amides is 2. The van der Waals surface area contributed by atoms with E-state index in [0.29, 0.717) is 13.1 Å². The molecule has 1 aliphatic heterocycles. The largest absolute Gasteiger partial charge is 0.356 e. The molecule has 0 aromatic carbocycles. The first-order valence-electron chi connectivity index (χ1n) is 7.27. The molecule has 2 amide bonds. The number of hydrogen-bond donors (Lipinski definition) is 1. The van der Waals surface area contributed by atoms with Gasteiger partial charge in [-0.25, -0.2) is 9.78 Å². The molecule has 1 aromatic rings. The van der Waals surface area contributed by atoms with Crippen LogP contribution in [0.5, 0.6) is 0 Å². The number of imidazole rings is 1. The molecule has 1 aromatic heterocycles. The fourth-order valence-corrected chi connectivity index (χ4v) is 2.40. The Morgan fingerprint density at radius 2 is 2.10 bits per heavy atom. The molecule has 6 nitrogen and oxygen atoms in total. The van der Waals surface area contributed by atoms with E-state index in [1.54, 1.807) is 17.3 Å². The Kier molecular flexibility index (Phi) is 5.15. The first-order valence-corrected chi connectivity index (χ1v) is 7.27. The van der Waals surface area contributed by atoms with Gasteiger partial charge in [0.1, 0.15) is 6.33 Å². The zero-order valence-electron chi connectivity index (χ0n) is 11.9. The minimum absolute atomic E-state index is 0.0405. The molecular weight excluding hydrogens is 256 g/mol. The Morgan fingerprint density at radius 1 is 1.35 bits per heavy atom. The van der Waals surface area contributed by atoms with Crippen molar-refractivity contribution in [2.45, 2.75) is 32.6 Å². The van der Waals surface area contributed by atoms with Crippen molar-refractivity contribution in [3.63, 3.8) is 0 Å². The van der Waals surface area contributed by atoms with Crippen LogP contribution in [-0.2, 0) is 4.79 Å². The molecule has 6 heteroatoms. The summed E-state index contributed by atoms with van der Waals surface area (Å²) < 4.78 is 1.47. The van der Waals surface area contributed by atoms with E-state index in [4.69, 9.17) is 0 Å². The van der Waals surface area contributed by atoms with Crippen molar-refractivity contribution in [3.8, 4) is 0 Å². The lowest BCUT2D eigenvalue weighted by Crippen LogP contribution is -2.44. The summed E-state index contributed by atoms with van der Waals surface area (Å²) in [6.07, 6.45) is 8.31. The van der Waals surface area contributed by atoms with Crippen LogP contribution in [-0.4, -0.2) is 46.0 Å². The minimum atomic E-state index is -0.0626. The molecule has 2 rings (SSSR count). The van der Waals surface area contributed by atoms with Crippen molar-refractivity contribution in [1.29, 1.82) is 0 Å². The second-order valence-electron chi connectivity index (χ2n) is 5.16. The second-order valence-corrected chi connectivity index (χ2v) is 5.16. The topological polar surface area (TPSA) is 67.2 Å². The Bertz CT molecular complexity index is 436. The average Bonchev–Trinajstić information content (AvgIpc) is 3.01. The molecule has 0 aliphatic carbocycles. The van der Waals surface area contributed by atoms with Crippen LogP contribution >= 0.6 is 0 Å². The van der Waals surface area contributed by atoms with E-state index < -0.39 is 0 Å². The third-order valence-corrected chi connectivity index (χ3v) is 3.69. The molecule has 0 atom stereocenters. The zero-order chi connectivity index (χ0) is 14.4. The maximum absolute atomic E-state index is 12.1. The lowest BCUT2D eigenvalue weighted by molar-refractivity contribution is -0.126. The van der Waals surface area contributed by atoms with Crippen LogP contribution in [0.3, 0.4) is 0 Å². The predicted molar refractivity (Wildman–Crippen MR) is 75.2 cm³/mol. The van der Waals surface area contributed by atoms with E-state index in [9.17, 15) is 9.59 Å². The summed E-state index contributed by atoms with van der Waals surface area (Å²) in [6.45, 7) is 4.11. The van der Waals surface area contributed by atoms with E-state index in [1.807, 2.05) is 0 Å². The summed E-state index contributed by atoms with van der Waals surface area (Å²) in [6, 6.07) is -0.0626. The second kappa shape index (κ2) is 7.07. The van der Waals surface area contributed by atoms with Crippen LogP contribution in [0.1, 0.15) is 32.6 Å². The molecule has 0 bridgehead atoms. The van der Waals surface area contributed by atoms with Crippen molar-refractivity contribution in [3.05, 3.63) is 18.7 Å². The first kappa shape index (κ1) is 14.6. The van der Waals surface area contributed by atoms with Crippen molar-refractivity contribution >= 4 is 11.9 Å². The number of carbonyl (C=O) groups is 2. The summed E-state index contributed by atoms with van der Waals surface area (Å²) >= 11 is 0. The monoisotopic (exact) mass is 278 g/mol. The van der Waals surface area contributed by atoms with Crippen molar-refractivity contribution in [2.75, 3.05) is 19.6 Å². The lowest BCUT2D eigenvalue weighted by Gasteiger charge is -2.31. The van der Waals surface area contributed by atoms with Gasteiger partial charge in [0.25, 0.3) is 0 Å². The fraction of sp³-hybridized carbons (Fsp3) is 0.643. The molecule has 1 saturated heterocycles. The summed E-state index contributed by atoms with van der Waals surface area (Å²) in [5.41, 5.74) is 0. The number of nitrogens with zero attached hydrogens (tertiary/aromatic N) is 3. The summed E-state index contributed by atoms with van der Waals surface area (Å²) in [5.74, 6) is 0.173. The normalized spacial score (nSPS) is 16.1. The molecule has 2 heterocycles. The number of hydrogen-bond acceptors (Lipinski definition) is 3. The number of rotatable bonds is 4. The van der Waals surface area contributed by atoms with Crippen molar-refractivity contribution in [2.24, 2.45) is 5.92 Å². The highest BCUT2D eigenvalue weighted by Gasteiger charge is 2.27. The van der Waals surface area contributed by atoms with Crippen molar-refractivity contribution < 1.29 is 9.59 Å². The number of unbranched alkanes of at least 4 members (excludes halogenated alkanes) is 1. The SMILES string of the molecule is CCCCNC(=O)C1CCN(C(=O)n2ccnc2)CC1. The molecular formula is C14H22N4O2. The van der Waals surface area contributed by atoms with Gasteiger partial charge in [-0.2, -0.15) is 0 Å². The number of nitrogens with one attached hydrogen (secondary N) is 1. The van der Waals surface area contributed by atoms with E-state index in [-0.39, 0.29) is 17.9 Å². The highest BCUT2D eigenvalue weighted by atomic mass is 16.2. The number of aromatic nitrogens is 2. The van der Waals surface area contributed by atoms with Crippen LogP contribution in [0, 0.1) is 5.92 Å². The number of piperidine rings is 1. The number of carbonyl (C=O) groups excluding carboxylic acids is 2. The average molecular weight is 278 g/mol. The van der Waals surface area contributed by atoms with Gasteiger partial charge in [-0.3, -0.25) is 9.36 Å². The van der Waals surface area contributed by atoms with Crippen LogP contribution < -0.4 is 5.32 Å². The number of likely N-dealkylation sites (tertiary alicyclic amines) is 1. The van der Waals surface area contributed by atoms with Gasteiger partial charge in [0.15, 0.2) is 0 Å². The van der Waals surface area contributed by atoms with Gasteiger partial charge in [0, 0.05) is 37.9 Å². The van der Waals surface area contributed by atoms with Crippen LogP contribution in [0.2, 0.25) is 0 Å². The van der Waals surface area contributed by atoms with Crippen LogP contribution in [0.25, 0.3) is 0 Å². The first-order chi connectivity index (χ1) is 9.72. The van der Waals surface area contributed by atoms with E-state index in [2.05, 4.69) is 17.2 Å². The standard InChI is InChI=1S/C14H22N4O2/c1-2-3-6-16-13(19)12-4-8-17(9-5-12)14(20)18-10-7-15-11-18/h7,10-12H,2-6,8-9H2,1H3,(H,16,19). The molecule has 20 heavy (non-hydrogen) atoms. The molecule has 110 valence electrons. The highest BCUT2D eigenvalue weighted by molar-refractivity contribution is 5.80. The highest BCUT2D eigenvalue weighted by Crippen LogP contribution is 2.18. The predicted octanol–water partition coefficient (Wildman–Crippen LogP) is 1.48. The molecule has 0 saturated carbocycles. The van der Waals surface area contributed by atoms with Gasteiger partial charge in [0.2, 0.25) is 5.91 Å². The molecule has 1 N–H and O–H groups in total. The summed E-state index contributed by atoms with van der Waals surface area (Å²) in [7, 11) is 0. The quantitative estimate of drug-likeness (QED) is 0.848. The zero-order valence-corrected chi connectivity index (χ0v) is 11.9. The van der Waals surface area contributed by atoms with Gasteiger partial charge < -0.3 is 10.2 Å². The van der Waals surface area contributed by atoms with E-state index in [0.717, 1.165) is 32.2 Å². The fourth-order valence-electron chi connectivity index (χ4n) is 2.40. The minimum Gasteiger partial charge on any atom is -0.356 e. The van der Waals surface area contributed by atoms with Gasteiger partial charge in [0.05, 0.1) is 0 Å². The lowest BCUT2D eigenvalue weighted by atomic mass is 9.96. The van der Waals surface area contributed by atoms with Crippen LogP contribution in [0.4, 0.5) is 4.79 Å².